The Bertz CT molecular complexity index is 975. The van der Waals surface area contributed by atoms with Crippen molar-refractivity contribution in [2.45, 2.75) is 26.9 Å². The Morgan fingerprint density at radius 2 is 1.96 bits per heavy atom. The largest absolute Gasteiger partial charge is 0.296 e. The van der Waals surface area contributed by atoms with Crippen molar-refractivity contribution in [1.29, 1.82) is 0 Å². The van der Waals surface area contributed by atoms with Gasteiger partial charge in [-0.15, -0.1) is 10.2 Å². The molecule has 0 fully saturated rings. The molecule has 3 heterocycles. The van der Waals surface area contributed by atoms with E-state index in [0.717, 1.165) is 53.9 Å². The van der Waals surface area contributed by atoms with Gasteiger partial charge in [0.25, 0.3) is 0 Å². The number of pyridine rings is 1. The van der Waals surface area contributed by atoms with Gasteiger partial charge in [0.2, 0.25) is 0 Å². The SMILES string of the molecule is CCN(CC)Cc1nnc2n1-c1ccc(Cl)cc1C(c1ccccn1)=NC2. The fourth-order valence-corrected chi connectivity index (χ4v) is 3.51. The maximum atomic E-state index is 6.33. The van der Waals surface area contributed by atoms with E-state index in [1.165, 1.54) is 0 Å². The summed E-state index contributed by atoms with van der Waals surface area (Å²) in [6.45, 7) is 7.41. The molecule has 0 bridgehead atoms. The summed E-state index contributed by atoms with van der Waals surface area (Å²) in [4.78, 5) is 11.6. The highest BCUT2D eigenvalue weighted by Crippen LogP contribution is 2.28. The van der Waals surface area contributed by atoms with E-state index in [2.05, 4.69) is 38.5 Å². The first kappa shape index (κ1) is 17.8. The molecule has 0 atom stereocenters. The summed E-state index contributed by atoms with van der Waals surface area (Å²) in [6, 6.07) is 11.7. The van der Waals surface area contributed by atoms with Crippen molar-refractivity contribution < 1.29 is 0 Å². The maximum absolute atomic E-state index is 6.33. The van der Waals surface area contributed by atoms with Gasteiger partial charge < -0.3 is 0 Å². The molecule has 0 radical (unpaired) electrons. The van der Waals surface area contributed by atoms with Gasteiger partial charge in [-0.05, 0) is 43.4 Å². The third-order valence-electron chi connectivity index (χ3n) is 4.80. The predicted octanol–water partition coefficient (Wildman–Crippen LogP) is 3.51. The second-order valence-electron chi connectivity index (χ2n) is 6.37. The van der Waals surface area contributed by atoms with Crippen LogP contribution in [0.1, 0.15) is 36.8 Å². The minimum absolute atomic E-state index is 0.448. The topological polar surface area (TPSA) is 59.2 Å². The molecule has 27 heavy (non-hydrogen) atoms. The molecule has 4 rings (SSSR count). The highest BCUT2D eigenvalue weighted by Gasteiger charge is 2.24. The number of rotatable bonds is 5. The van der Waals surface area contributed by atoms with Crippen LogP contribution in [0.2, 0.25) is 5.02 Å². The molecule has 1 aromatic carbocycles. The summed E-state index contributed by atoms with van der Waals surface area (Å²) < 4.78 is 2.11. The molecule has 0 saturated carbocycles. The third kappa shape index (κ3) is 3.38. The minimum Gasteiger partial charge on any atom is -0.296 e. The molecule has 6 nitrogen and oxygen atoms in total. The van der Waals surface area contributed by atoms with Gasteiger partial charge in [-0.1, -0.05) is 31.5 Å². The van der Waals surface area contributed by atoms with Crippen LogP contribution in [0.15, 0.2) is 47.6 Å². The van der Waals surface area contributed by atoms with Gasteiger partial charge in [-0.25, -0.2) is 0 Å². The first-order valence-corrected chi connectivity index (χ1v) is 9.50. The fraction of sp³-hybridized carbons (Fsp3) is 0.300. The van der Waals surface area contributed by atoms with Crippen LogP contribution >= 0.6 is 11.6 Å². The summed E-state index contributed by atoms with van der Waals surface area (Å²) >= 11 is 6.33. The van der Waals surface area contributed by atoms with Gasteiger partial charge in [0.15, 0.2) is 11.6 Å². The molecule has 0 amide bonds. The zero-order valence-corrected chi connectivity index (χ0v) is 16.2. The number of benzene rings is 1. The Morgan fingerprint density at radius 1 is 1.11 bits per heavy atom. The van der Waals surface area contributed by atoms with E-state index in [4.69, 9.17) is 16.6 Å². The van der Waals surface area contributed by atoms with Crippen molar-refractivity contribution in [2.75, 3.05) is 13.1 Å². The normalized spacial score (nSPS) is 13.1. The van der Waals surface area contributed by atoms with Gasteiger partial charge >= 0.3 is 0 Å². The minimum atomic E-state index is 0.448. The Hall–Kier alpha value is -2.57. The van der Waals surface area contributed by atoms with Crippen molar-refractivity contribution >= 4 is 17.3 Å². The predicted molar refractivity (Wildman–Crippen MR) is 107 cm³/mol. The number of hydrogen-bond donors (Lipinski definition) is 0. The lowest BCUT2D eigenvalue weighted by Crippen LogP contribution is -2.24. The second-order valence-corrected chi connectivity index (χ2v) is 6.81. The molecule has 0 spiro atoms. The van der Waals surface area contributed by atoms with Crippen LogP contribution in [0.5, 0.6) is 0 Å². The van der Waals surface area contributed by atoms with Crippen molar-refractivity contribution in [3.05, 3.63) is 70.5 Å². The lowest BCUT2D eigenvalue weighted by Gasteiger charge is -2.19. The average molecular weight is 381 g/mol. The number of aliphatic imine (C=N–C) groups is 1. The number of aromatic nitrogens is 4. The summed E-state index contributed by atoms with van der Waals surface area (Å²) in [7, 11) is 0. The van der Waals surface area contributed by atoms with E-state index < -0.39 is 0 Å². The molecular formula is C20H21ClN6. The molecule has 138 valence electrons. The van der Waals surface area contributed by atoms with Crippen LogP contribution in [-0.4, -0.2) is 43.4 Å². The van der Waals surface area contributed by atoms with E-state index in [1.54, 1.807) is 6.20 Å². The first-order valence-electron chi connectivity index (χ1n) is 9.13. The van der Waals surface area contributed by atoms with Crippen LogP contribution in [-0.2, 0) is 13.1 Å². The lowest BCUT2D eigenvalue weighted by molar-refractivity contribution is 0.286. The Kier molecular flexibility index (Phi) is 5.01. The van der Waals surface area contributed by atoms with Crippen LogP contribution in [0.25, 0.3) is 5.69 Å². The molecule has 0 aliphatic carbocycles. The van der Waals surface area contributed by atoms with Gasteiger partial charge in [-0.2, -0.15) is 0 Å². The summed E-state index contributed by atoms with van der Waals surface area (Å²) in [5.41, 5.74) is 3.58. The van der Waals surface area contributed by atoms with E-state index in [0.29, 0.717) is 11.6 Å². The standard InChI is InChI=1S/C20H21ClN6/c1-3-26(4-2)13-19-25-24-18-12-23-20(16-7-5-6-10-22-16)15-11-14(21)8-9-17(15)27(18)19/h5-11H,3-4,12-13H2,1-2H3. The third-order valence-corrected chi connectivity index (χ3v) is 5.03. The van der Waals surface area contributed by atoms with Crippen LogP contribution in [0.3, 0.4) is 0 Å². The van der Waals surface area contributed by atoms with Gasteiger partial charge in [0.1, 0.15) is 6.54 Å². The molecule has 2 aromatic heterocycles. The number of nitrogens with zero attached hydrogens (tertiary/aromatic N) is 6. The zero-order chi connectivity index (χ0) is 18.8. The monoisotopic (exact) mass is 380 g/mol. The molecule has 1 aliphatic heterocycles. The smallest absolute Gasteiger partial charge is 0.159 e. The van der Waals surface area contributed by atoms with Gasteiger partial charge in [-0.3, -0.25) is 19.4 Å². The molecule has 0 N–H and O–H groups in total. The average Bonchev–Trinajstić information content (AvgIpc) is 3.02. The first-order chi connectivity index (χ1) is 13.2. The van der Waals surface area contributed by atoms with E-state index in [-0.39, 0.29) is 0 Å². The number of halogens is 1. The van der Waals surface area contributed by atoms with Crippen LogP contribution in [0.4, 0.5) is 0 Å². The van der Waals surface area contributed by atoms with Crippen molar-refractivity contribution in [1.82, 2.24) is 24.6 Å². The van der Waals surface area contributed by atoms with Gasteiger partial charge in [0, 0.05) is 16.8 Å². The summed E-state index contributed by atoms with van der Waals surface area (Å²) in [5.74, 6) is 1.74. The summed E-state index contributed by atoms with van der Waals surface area (Å²) in [5, 5.41) is 9.53. The molecule has 0 unspecified atom stereocenters. The Labute approximate surface area is 163 Å². The molecular weight excluding hydrogens is 360 g/mol. The zero-order valence-electron chi connectivity index (χ0n) is 15.4. The van der Waals surface area contributed by atoms with Gasteiger partial charge in [0.05, 0.1) is 23.6 Å². The van der Waals surface area contributed by atoms with E-state index >= 15 is 0 Å². The number of hydrogen-bond acceptors (Lipinski definition) is 5. The van der Waals surface area contributed by atoms with Crippen molar-refractivity contribution in [3.63, 3.8) is 0 Å². The summed E-state index contributed by atoms with van der Waals surface area (Å²) in [6.07, 6.45) is 1.78. The lowest BCUT2D eigenvalue weighted by atomic mass is 10.0. The Morgan fingerprint density at radius 3 is 2.70 bits per heavy atom. The second kappa shape index (κ2) is 7.58. The Balaban J connectivity index is 1.87. The molecule has 3 aromatic rings. The highest BCUT2D eigenvalue weighted by atomic mass is 35.5. The highest BCUT2D eigenvalue weighted by molar-refractivity contribution is 6.31. The quantitative estimate of drug-likeness (QED) is 0.679. The van der Waals surface area contributed by atoms with E-state index in [9.17, 15) is 0 Å². The molecule has 7 heteroatoms. The van der Waals surface area contributed by atoms with Crippen molar-refractivity contribution in [3.8, 4) is 5.69 Å². The number of fused-ring (bicyclic) bond motifs is 3. The molecule has 1 aliphatic rings. The molecule has 0 saturated heterocycles. The van der Waals surface area contributed by atoms with E-state index in [1.807, 2.05) is 36.4 Å². The van der Waals surface area contributed by atoms with Crippen molar-refractivity contribution in [2.24, 2.45) is 4.99 Å². The maximum Gasteiger partial charge on any atom is 0.159 e. The fourth-order valence-electron chi connectivity index (χ4n) is 3.33. The van der Waals surface area contributed by atoms with Crippen LogP contribution in [0, 0.1) is 0 Å². The van der Waals surface area contributed by atoms with Crippen LogP contribution < -0.4 is 0 Å².